The second kappa shape index (κ2) is 5.14. The van der Waals surface area contributed by atoms with Crippen LogP contribution in [0.4, 0.5) is 5.13 Å². The van der Waals surface area contributed by atoms with E-state index in [1.54, 1.807) is 0 Å². The number of nitrogens with zero attached hydrogens (tertiary/aromatic N) is 1. The maximum atomic E-state index is 12.5. The highest BCUT2D eigenvalue weighted by molar-refractivity contribution is 7.22. The van der Waals surface area contributed by atoms with Gasteiger partial charge >= 0.3 is 0 Å². The number of carbonyl (C=O) groups is 1. The topological polar surface area (TPSA) is 54.0 Å². The number of nitrogens with one attached hydrogen (secondary N) is 2. The highest BCUT2D eigenvalue weighted by atomic mass is 32.1. The molecule has 1 aliphatic rings. The summed E-state index contributed by atoms with van der Waals surface area (Å²) in [6.45, 7) is 5.19. The third-order valence-electron chi connectivity index (χ3n) is 3.91. The van der Waals surface area contributed by atoms with Crippen LogP contribution >= 0.6 is 11.3 Å². The molecule has 0 aliphatic carbocycles. The van der Waals surface area contributed by atoms with Gasteiger partial charge in [-0.15, -0.1) is 0 Å². The molecule has 1 aromatic carbocycles. The molecule has 3 rings (SSSR count). The molecular weight excluding hydrogens is 270 g/mol. The van der Waals surface area contributed by atoms with Crippen LogP contribution in [-0.2, 0) is 4.79 Å². The van der Waals surface area contributed by atoms with Crippen molar-refractivity contribution < 1.29 is 4.79 Å². The van der Waals surface area contributed by atoms with Gasteiger partial charge in [-0.2, -0.15) is 0 Å². The van der Waals surface area contributed by atoms with Crippen molar-refractivity contribution in [2.24, 2.45) is 5.41 Å². The summed E-state index contributed by atoms with van der Waals surface area (Å²) in [6.07, 6.45) is 2.19. The lowest BCUT2D eigenvalue weighted by molar-refractivity contribution is -0.121. The van der Waals surface area contributed by atoms with Gasteiger partial charge in [0.2, 0.25) is 5.91 Å². The lowest BCUT2D eigenvalue weighted by Gasteiger charge is -2.37. The molecule has 1 fully saturated rings. The van der Waals surface area contributed by atoms with E-state index in [0.29, 0.717) is 5.13 Å². The third kappa shape index (κ3) is 2.55. The van der Waals surface area contributed by atoms with E-state index in [-0.39, 0.29) is 17.4 Å². The van der Waals surface area contributed by atoms with E-state index < -0.39 is 0 Å². The van der Waals surface area contributed by atoms with Crippen LogP contribution in [0.5, 0.6) is 0 Å². The molecule has 1 atom stereocenters. The quantitative estimate of drug-likeness (QED) is 0.893. The van der Waals surface area contributed by atoms with Crippen LogP contribution in [0.2, 0.25) is 0 Å². The van der Waals surface area contributed by atoms with Gasteiger partial charge in [0.05, 0.1) is 16.3 Å². The average Bonchev–Trinajstić information content (AvgIpc) is 2.80. The zero-order chi connectivity index (χ0) is 14.2. The normalized spacial score (nSPS) is 21.8. The Labute approximate surface area is 122 Å². The Morgan fingerprint density at radius 3 is 3.00 bits per heavy atom. The number of amides is 1. The Balaban J connectivity index is 1.78. The maximum Gasteiger partial charge on any atom is 0.243 e. The molecule has 106 valence electrons. The zero-order valence-corrected chi connectivity index (χ0v) is 12.6. The summed E-state index contributed by atoms with van der Waals surface area (Å²) in [7, 11) is 0. The van der Waals surface area contributed by atoms with Crippen molar-refractivity contribution >= 4 is 32.6 Å². The summed E-state index contributed by atoms with van der Waals surface area (Å²) in [5, 5.41) is 6.97. The summed E-state index contributed by atoms with van der Waals surface area (Å²) in [5.41, 5.74) is 0.919. The van der Waals surface area contributed by atoms with Crippen molar-refractivity contribution in [2.75, 3.05) is 11.9 Å². The fraction of sp³-hybridized carbons (Fsp3) is 0.467. The van der Waals surface area contributed by atoms with Crippen molar-refractivity contribution in [3.05, 3.63) is 24.3 Å². The van der Waals surface area contributed by atoms with Crippen LogP contribution in [0.25, 0.3) is 10.2 Å². The number of para-hydroxylation sites is 1. The Hall–Kier alpha value is -1.46. The summed E-state index contributed by atoms with van der Waals surface area (Å²) in [6, 6.07) is 7.77. The number of hydrogen-bond donors (Lipinski definition) is 2. The van der Waals surface area contributed by atoms with Gasteiger partial charge < -0.3 is 10.6 Å². The fourth-order valence-corrected chi connectivity index (χ4v) is 3.63. The minimum atomic E-state index is -0.150. The first-order chi connectivity index (χ1) is 9.56. The summed E-state index contributed by atoms with van der Waals surface area (Å²) in [4.78, 5) is 16.9. The molecule has 1 amide bonds. The van der Waals surface area contributed by atoms with Crippen molar-refractivity contribution in [2.45, 2.75) is 32.7 Å². The number of benzene rings is 1. The number of fused-ring (bicyclic) bond motifs is 1. The van der Waals surface area contributed by atoms with E-state index in [2.05, 4.69) is 29.5 Å². The van der Waals surface area contributed by atoms with Gasteiger partial charge in [-0.25, -0.2) is 4.98 Å². The molecule has 4 nitrogen and oxygen atoms in total. The molecule has 20 heavy (non-hydrogen) atoms. The molecule has 1 saturated heterocycles. The monoisotopic (exact) mass is 289 g/mol. The first-order valence-electron chi connectivity index (χ1n) is 6.96. The van der Waals surface area contributed by atoms with Gasteiger partial charge in [0.25, 0.3) is 0 Å². The molecule has 5 heteroatoms. The Morgan fingerprint density at radius 1 is 1.45 bits per heavy atom. The van der Waals surface area contributed by atoms with E-state index in [0.717, 1.165) is 29.6 Å². The van der Waals surface area contributed by atoms with Crippen LogP contribution in [0, 0.1) is 5.41 Å². The minimum absolute atomic E-state index is 0.0149. The Kier molecular flexibility index (Phi) is 3.48. The number of hydrogen-bond acceptors (Lipinski definition) is 4. The van der Waals surface area contributed by atoms with E-state index in [1.165, 1.54) is 11.3 Å². The standard InChI is InChI=1S/C15H19N3OS/c1-15(2)8-5-9-16-12(15)13(19)18-14-17-10-6-3-4-7-11(10)20-14/h3-4,6-7,12,16H,5,8-9H2,1-2H3,(H,17,18,19). The smallest absolute Gasteiger partial charge is 0.243 e. The Bertz CT molecular complexity index is 602. The first-order valence-corrected chi connectivity index (χ1v) is 7.78. The second-order valence-electron chi connectivity index (χ2n) is 5.96. The summed E-state index contributed by atoms with van der Waals surface area (Å²) >= 11 is 1.52. The SMILES string of the molecule is CC1(C)CCCNC1C(=O)Nc1nc2ccccc2s1. The van der Waals surface area contributed by atoms with Crippen LogP contribution in [0.15, 0.2) is 24.3 Å². The van der Waals surface area contributed by atoms with Crippen molar-refractivity contribution in [3.8, 4) is 0 Å². The molecule has 2 aromatic rings. The predicted molar refractivity (Wildman–Crippen MR) is 83.1 cm³/mol. The Morgan fingerprint density at radius 2 is 2.25 bits per heavy atom. The maximum absolute atomic E-state index is 12.5. The van der Waals surface area contributed by atoms with Gasteiger partial charge in [-0.3, -0.25) is 4.79 Å². The van der Waals surface area contributed by atoms with E-state index >= 15 is 0 Å². The fourth-order valence-electron chi connectivity index (χ4n) is 2.76. The molecule has 1 aliphatic heterocycles. The van der Waals surface area contributed by atoms with Gasteiger partial charge in [0.15, 0.2) is 5.13 Å². The van der Waals surface area contributed by atoms with Crippen LogP contribution in [0.3, 0.4) is 0 Å². The molecule has 0 saturated carbocycles. The number of rotatable bonds is 2. The largest absolute Gasteiger partial charge is 0.305 e. The second-order valence-corrected chi connectivity index (χ2v) is 6.99. The van der Waals surface area contributed by atoms with Crippen molar-refractivity contribution in [3.63, 3.8) is 0 Å². The number of anilines is 1. The lowest BCUT2D eigenvalue weighted by Crippen LogP contribution is -2.53. The molecular formula is C15H19N3OS. The van der Waals surface area contributed by atoms with Gasteiger partial charge in [0.1, 0.15) is 0 Å². The number of thiazole rings is 1. The van der Waals surface area contributed by atoms with Crippen molar-refractivity contribution in [1.29, 1.82) is 0 Å². The molecule has 0 spiro atoms. The molecule has 1 aromatic heterocycles. The molecule has 2 N–H and O–H groups in total. The minimum Gasteiger partial charge on any atom is -0.305 e. The zero-order valence-electron chi connectivity index (χ0n) is 11.8. The van der Waals surface area contributed by atoms with Gasteiger partial charge in [-0.1, -0.05) is 37.3 Å². The highest BCUT2D eigenvalue weighted by Crippen LogP contribution is 2.31. The molecule has 1 unspecified atom stereocenters. The summed E-state index contributed by atoms with van der Waals surface area (Å²) < 4.78 is 1.10. The molecule has 2 heterocycles. The summed E-state index contributed by atoms with van der Waals surface area (Å²) in [5.74, 6) is 0.0220. The van der Waals surface area contributed by atoms with E-state index in [4.69, 9.17) is 0 Å². The van der Waals surface area contributed by atoms with Crippen LogP contribution in [0.1, 0.15) is 26.7 Å². The van der Waals surface area contributed by atoms with Crippen molar-refractivity contribution in [1.82, 2.24) is 10.3 Å². The highest BCUT2D eigenvalue weighted by Gasteiger charge is 2.37. The average molecular weight is 289 g/mol. The predicted octanol–water partition coefficient (Wildman–Crippen LogP) is 3.01. The molecule has 0 radical (unpaired) electrons. The van der Waals surface area contributed by atoms with Gasteiger partial charge in [-0.05, 0) is 36.9 Å². The lowest BCUT2D eigenvalue weighted by atomic mass is 9.77. The first kappa shape index (κ1) is 13.5. The van der Waals surface area contributed by atoms with E-state index in [9.17, 15) is 4.79 Å². The van der Waals surface area contributed by atoms with Crippen LogP contribution in [-0.4, -0.2) is 23.5 Å². The molecule has 0 bridgehead atoms. The number of piperidine rings is 1. The number of carbonyl (C=O) groups excluding carboxylic acids is 1. The van der Waals surface area contributed by atoms with Crippen LogP contribution < -0.4 is 10.6 Å². The number of aromatic nitrogens is 1. The van der Waals surface area contributed by atoms with E-state index in [1.807, 2.05) is 24.3 Å². The third-order valence-corrected chi connectivity index (χ3v) is 4.87. The van der Waals surface area contributed by atoms with Gasteiger partial charge in [0, 0.05) is 0 Å².